The highest BCUT2D eigenvalue weighted by Gasteiger charge is 2.64. The van der Waals surface area contributed by atoms with Gasteiger partial charge in [0.2, 0.25) is 0 Å². The maximum Gasteiger partial charge on any atom is 0.0490 e. The minimum Gasteiger partial charge on any atom is -0.308 e. The van der Waals surface area contributed by atoms with E-state index in [1.54, 1.807) is 0 Å². The summed E-state index contributed by atoms with van der Waals surface area (Å²) in [6.07, 6.45) is 6.38. The van der Waals surface area contributed by atoms with Crippen LogP contribution in [0.3, 0.4) is 0 Å². The Morgan fingerprint density at radius 3 is 2.80 bits per heavy atom. The fourth-order valence-corrected chi connectivity index (χ4v) is 4.21. The fourth-order valence-electron chi connectivity index (χ4n) is 4.21. The number of aromatic amines is 1. The Kier molecular flexibility index (Phi) is 1.58. The average Bonchev–Trinajstić information content (AvgIpc) is 2.72. The van der Waals surface area contributed by atoms with E-state index in [1.165, 1.54) is 25.0 Å². The predicted octanol–water partition coefficient (Wildman–Crippen LogP) is 1.54. The zero-order chi connectivity index (χ0) is 9.83. The Morgan fingerprint density at radius 1 is 1.33 bits per heavy atom. The van der Waals surface area contributed by atoms with Gasteiger partial charge in [0.05, 0.1) is 0 Å². The molecule has 3 heteroatoms. The Morgan fingerprint density at radius 2 is 2.13 bits per heavy atom. The van der Waals surface area contributed by atoms with Crippen molar-refractivity contribution in [1.82, 2.24) is 15.5 Å². The van der Waals surface area contributed by atoms with Crippen LogP contribution in [0.25, 0.3) is 0 Å². The van der Waals surface area contributed by atoms with Crippen LogP contribution in [0.2, 0.25) is 0 Å². The number of hydrogen-bond donors (Lipinski definition) is 2. The molecule has 15 heavy (non-hydrogen) atoms. The van der Waals surface area contributed by atoms with Gasteiger partial charge in [-0.25, -0.2) is 0 Å². The van der Waals surface area contributed by atoms with Crippen LogP contribution in [0.5, 0.6) is 0 Å². The van der Waals surface area contributed by atoms with Crippen LogP contribution in [0.4, 0.5) is 0 Å². The summed E-state index contributed by atoms with van der Waals surface area (Å²) in [6, 6.07) is 2.89. The summed E-state index contributed by atoms with van der Waals surface area (Å²) in [5.74, 6) is 4.21. The number of fused-ring (bicyclic) bond motifs is 5. The smallest absolute Gasteiger partial charge is 0.0490 e. The van der Waals surface area contributed by atoms with Crippen LogP contribution in [0.15, 0.2) is 12.3 Å². The molecular formula is C12H17N3. The first kappa shape index (κ1) is 8.34. The first-order chi connectivity index (χ1) is 7.43. The van der Waals surface area contributed by atoms with Crippen LogP contribution < -0.4 is 5.32 Å². The minimum absolute atomic E-state index is 0.833. The van der Waals surface area contributed by atoms with E-state index in [0.717, 1.165) is 36.3 Å². The van der Waals surface area contributed by atoms with Gasteiger partial charge in [-0.05, 0) is 49.0 Å². The molecule has 0 spiro atoms. The van der Waals surface area contributed by atoms with Gasteiger partial charge in [-0.1, -0.05) is 0 Å². The standard InChI is InChI=1S/C12H17N3/c1-2-8-5-7(1)10-11(8)12(10)13-6-9-3-4-14-15-9/h3-4,7-8,10-13H,1-2,5-6H2,(H,14,15). The minimum atomic E-state index is 0.833. The SMILES string of the molecule is c1cc(CNC2C3C4CCC(C4)C23)[nH]n1. The summed E-state index contributed by atoms with van der Waals surface area (Å²) < 4.78 is 0. The molecule has 1 heterocycles. The molecule has 3 fully saturated rings. The van der Waals surface area contributed by atoms with Crippen LogP contribution in [-0.2, 0) is 6.54 Å². The molecule has 4 rings (SSSR count). The van der Waals surface area contributed by atoms with Crippen LogP contribution in [0, 0.1) is 23.7 Å². The average molecular weight is 203 g/mol. The molecule has 3 aliphatic rings. The molecule has 0 amide bonds. The topological polar surface area (TPSA) is 40.7 Å². The van der Waals surface area contributed by atoms with Gasteiger partial charge in [-0.15, -0.1) is 0 Å². The van der Waals surface area contributed by atoms with Gasteiger partial charge in [0, 0.05) is 24.5 Å². The molecule has 4 unspecified atom stereocenters. The van der Waals surface area contributed by atoms with Crippen LogP contribution in [0.1, 0.15) is 25.0 Å². The molecule has 3 nitrogen and oxygen atoms in total. The third-order valence-corrected chi connectivity index (χ3v) is 4.82. The zero-order valence-electron chi connectivity index (χ0n) is 8.82. The molecule has 3 aliphatic carbocycles. The van der Waals surface area contributed by atoms with Crippen molar-refractivity contribution >= 4 is 0 Å². The molecule has 0 aliphatic heterocycles. The Balaban J connectivity index is 1.39. The van der Waals surface area contributed by atoms with Crippen molar-refractivity contribution in [2.45, 2.75) is 31.8 Å². The summed E-state index contributed by atoms with van der Waals surface area (Å²) in [6.45, 7) is 0.969. The number of hydrogen-bond acceptors (Lipinski definition) is 2. The summed E-state index contributed by atoms with van der Waals surface area (Å²) in [4.78, 5) is 0. The van der Waals surface area contributed by atoms with Crippen molar-refractivity contribution in [3.8, 4) is 0 Å². The number of nitrogens with zero attached hydrogens (tertiary/aromatic N) is 1. The summed E-state index contributed by atoms with van der Waals surface area (Å²) >= 11 is 0. The predicted molar refractivity (Wildman–Crippen MR) is 57.0 cm³/mol. The second-order valence-corrected chi connectivity index (χ2v) is 5.48. The quantitative estimate of drug-likeness (QED) is 0.782. The van der Waals surface area contributed by atoms with Crippen molar-refractivity contribution in [2.75, 3.05) is 0 Å². The van der Waals surface area contributed by atoms with Crippen LogP contribution >= 0.6 is 0 Å². The molecule has 0 radical (unpaired) electrons. The monoisotopic (exact) mass is 203 g/mol. The summed E-state index contributed by atoms with van der Waals surface area (Å²) in [7, 11) is 0. The largest absolute Gasteiger partial charge is 0.308 e. The van der Waals surface area contributed by atoms with Crippen molar-refractivity contribution in [2.24, 2.45) is 23.7 Å². The summed E-state index contributed by atoms with van der Waals surface area (Å²) in [5.41, 5.74) is 1.22. The summed E-state index contributed by atoms with van der Waals surface area (Å²) in [5, 5.41) is 10.7. The highest BCUT2D eigenvalue weighted by atomic mass is 15.1. The third-order valence-electron chi connectivity index (χ3n) is 4.82. The van der Waals surface area contributed by atoms with Crippen molar-refractivity contribution < 1.29 is 0 Å². The molecule has 4 atom stereocenters. The van der Waals surface area contributed by atoms with E-state index >= 15 is 0 Å². The normalized spacial score (nSPS) is 45.7. The van der Waals surface area contributed by atoms with E-state index in [2.05, 4.69) is 21.6 Å². The third kappa shape index (κ3) is 1.13. The van der Waals surface area contributed by atoms with Crippen molar-refractivity contribution in [3.05, 3.63) is 18.0 Å². The van der Waals surface area contributed by atoms with E-state index in [-0.39, 0.29) is 0 Å². The van der Waals surface area contributed by atoms with Crippen molar-refractivity contribution in [3.63, 3.8) is 0 Å². The van der Waals surface area contributed by atoms with Gasteiger partial charge in [0.25, 0.3) is 0 Å². The molecule has 0 aromatic carbocycles. The lowest BCUT2D eigenvalue weighted by atomic mass is 10.0. The molecule has 1 aromatic heterocycles. The van der Waals surface area contributed by atoms with E-state index in [0.29, 0.717) is 0 Å². The van der Waals surface area contributed by atoms with Gasteiger partial charge in [0.1, 0.15) is 0 Å². The first-order valence-corrected chi connectivity index (χ1v) is 6.15. The van der Waals surface area contributed by atoms with E-state index in [1.807, 2.05) is 6.20 Å². The highest BCUT2D eigenvalue weighted by Crippen LogP contribution is 2.65. The van der Waals surface area contributed by atoms with E-state index in [4.69, 9.17) is 0 Å². The fraction of sp³-hybridized carbons (Fsp3) is 0.750. The van der Waals surface area contributed by atoms with E-state index < -0.39 is 0 Å². The maximum absolute atomic E-state index is 3.97. The molecule has 3 saturated carbocycles. The molecule has 0 saturated heterocycles. The van der Waals surface area contributed by atoms with Gasteiger partial charge < -0.3 is 5.32 Å². The second-order valence-electron chi connectivity index (χ2n) is 5.48. The number of nitrogens with one attached hydrogen (secondary N) is 2. The number of rotatable bonds is 3. The Labute approximate surface area is 89.6 Å². The van der Waals surface area contributed by atoms with Crippen molar-refractivity contribution in [1.29, 1.82) is 0 Å². The maximum atomic E-state index is 3.97. The lowest BCUT2D eigenvalue weighted by molar-refractivity contribution is 0.456. The lowest BCUT2D eigenvalue weighted by Gasteiger charge is -2.09. The lowest BCUT2D eigenvalue weighted by Crippen LogP contribution is -2.22. The first-order valence-electron chi connectivity index (χ1n) is 6.15. The molecule has 2 N–H and O–H groups in total. The van der Waals surface area contributed by atoms with Crippen LogP contribution in [-0.4, -0.2) is 16.2 Å². The van der Waals surface area contributed by atoms with E-state index in [9.17, 15) is 0 Å². The molecule has 2 bridgehead atoms. The number of aromatic nitrogens is 2. The number of H-pyrrole nitrogens is 1. The van der Waals surface area contributed by atoms with Gasteiger partial charge in [-0.2, -0.15) is 5.10 Å². The second kappa shape index (κ2) is 2.85. The molecule has 80 valence electrons. The molecule has 1 aromatic rings. The molecular weight excluding hydrogens is 186 g/mol. The zero-order valence-corrected chi connectivity index (χ0v) is 8.82. The highest BCUT2D eigenvalue weighted by molar-refractivity contribution is 5.17. The Hall–Kier alpha value is -0.830. The van der Waals surface area contributed by atoms with Gasteiger partial charge in [-0.3, -0.25) is 5.10 Å². The van der Waals surface area contributed by atoms with Gasteiger partial charge in [0.15, 0.2) is 0 Å². The van der Waals surface area contributed by atoms with Gasteiger partial charge >= 0.3 is 0 Å². The Bertz CT molecular complexity index is 343.